The average molecular weight is 434 g/mol. The Hall–Kier alpha value is -3.85. The number of carbonyl (C=O) groups is 3. The Kier molecular flexibility index (Phi) is 5.35. The minimum atomic E-state index is -0.844. The molecule has 4 rings (SSSR count). The number of methoxy groups -OCH3 is 1. The van der Waals surface area contributed by atoms with E-state index in [2.05, 4.69) is 10.4 Å². The maximum absolute atomic E-state index is 13.2. The second-order valence-corrected chi connectivity index (χ2v) is 7.27. The molecular weight excluding hydrogens is 416 g/mol. The lowest BCUT2D eigenvalue weighted by atomic mass is 9.98. The summed E-state index contributed by atoms with van der Waals surface area (Å²) in [4.78, 5) is 39.9. The Morgan fingerprint density at radius 2 is 1.77 bits per heavy atom. The molecule has 0 spiro atoms. The Bertz CT molecular complexity index is 1160. The van der Waals surface area contributed by atoms with Gasteiger partial charge in [0.05, 0.1) is 30.1 Å². The highest BCUT2D eigenvalue weighted by atomic mass is 32.1. The molecule has 1 atom stereocenters. The van der Waals surface area contributed by atoms with Gasteiger partial charge in [0.15, 0.2) is 5.11 Å². The van der Waals surface area contributed by atoms with Crippen molar-refractivity contribution < 1.29 is 19.1 Å². The predicted octanol–water partition coefficient (Wildman–Crippen LogP) is 2.41. The van der Waals surface area contributed by atoms with Gasteiger partial charge in [-0.05, 0) is 49.5 Å². The molecular formula is C22H18N4O4S. The molecule has 2 aliphatic rings. The van der Waals surface area contributed by atoms with Gasteiger partial charge in [0.25, 0.3) is 17.7 Å². The van der Waals surface area contributed by atoms with Crippen LogP contribution in [0.25, 0.3) is 0 Å². The molecule has 3 amide bonds. The number of hydrogen-bond donors (Lipinski definition) is 1. The number of nitrogens with one attached hydrogen (secondary N) is 1. The molecule has 0 unspecified atom stereocenters. The molecule has 2 heterocycles. The lowest BCUT2D eigenvalue weighted by Gasteiger charge is -2.29. The lowest BCUT2D eigenvalue weighted by Crippen LogP contribution is -2.54. The summed E-state index contributed by atoms with van der Waals surface area (Å²) >= 11 is 5.21. The van der Waals surface area contributed by atoms with Crippen molar-refractivity contribution in [2.75, 3.05) is 17.0 Å². The number of anilines is 2. The van der Waals surface area contributed by atoms with Gasteiger partial charge in [-0.25, -0.2) is 0 Å². The van der Waals surface area contributed by atoms with Crippen molar-refractivity contribution in [3.8, 4) is 5.75 Å². The first-order valence-corrected chi connectivity index (χ1v) is 9.81. The van der Waals surface area contributed by atoms with Gasteiger partial charge in [-0.3, -0.25) is 24.6 Å². The monoisotopic (exact) mass is 434 g/mol. The first-order chi connectivity index (χ1) is 14.9. The van der Waals surface area contributed by atoms with Gasteiger partial charge in [-0.1, -0.05) is 24.3 Å². The zero-order valence-electron chi connectivity index (χ0n) is 16.7. The maximum Gasteiger partial charge on any atom is 0.269 e. The highest BCUT2D eigenvalue weighted by Crippen LogP contribution is 2.28. The van der Waals surface area contributed by atoms with E-state index < -0.39 is 17.7 Å². The van der Waals surface area contributed by atoms with Crippen LogP contribution < -0.4 is 20.0 Å². The van der Waals surface area contributed by atoms with Crippen molar-refractivity contribution in [3.05, 3.63) is 66.2 Å². The molecule has 0 radical (unpaired) electrons. The smallest absolute Gasteiger partial charge is 0.269 e. The third-order valence-electron chi connectivity index (χ3n) is 4.93. The van der Waals surface area contributed by atoms with Crippen LogP contribution in [0.2, 0.25) is 0 Å². The van der Waals surface area contributed by atoms with Gasteiger partial charge >= 0.3 is 0 Å². The van der Waals surface area contributed by atoms with Crippen molar-refractivity contribution in [1.82, 2.24) is 5.32 Å². The third-order valence-corrected chi connectivity index (χ3v) is 5.21. The molecule has 8 nitrogen and oxygen atoms in total. The van der Waals surface area contributed by atoms with Crippen molar-refractivity contribution in [3.63, 3.8) is 0 Å². The SMILES string of the molecule is COc1cccc(N2C(=O)/C(=C\[C@H]3C(=O)N(c4ccccc4)N=C3C)C(=O)NC2=S)c1. The summed E-state index contributed by atoms with van der Waals surface area (Å²) in [5, 5.41) is 8.05. The van der Waals surface area contributed by atoms with Crippen molar-refractivity contribution >= 4 is 52.1 Å². The van der Waals surface area contributed by atoms with Gasteiger partial charge in [-0.2, -0.15) is 10.1 Å². The number of thiocarbonyl (C=S) groups is 1. The summed E-state index contributed by atoms with van der Waals surface area (Å²) in [6.07, 6.45) is 1.34. The lowest BCUT2D eigenvalue weighted by molar-refractivity contribution is -0.122. The fourth-order valence-electron chi connectivity index (χ4n) is 3.35. The molecule has 0 aromatic heterocycles. The number of ether oxygens (including phenoxy) is 1. The molecule has 156 valence electrons. The molecule has 31 heavy (non-hydrogen) atoms. The number of rotatable bonds is 4. The van der Waals surface area contributed by atoms with E-state index in [1.165, 1.54) is 23.1 Å². The molecule has 0 saturated carbocycles. The van der Waals surface area contributed by atoms with Crippen LogP contribution in [-0.4, -0.2) is 35.7 Å². The maximum atomic E-state index is 13.2. The minimum absolute atomic E-state index is 0.0468. The first-order valence-electron chi connectivity index (χ1n) is 9.40. The van der Waals surface area contributed by atoms with Gasteiger partial charge in [0, 0.05) is 6.07 Å². The molecule has 9 heteroatoms. The van der Waals surface area contributed by atoms with E-state index in [1.807, 2.05) is 6.07 Å². The molecule has 0 aliphatic carbocycles. The quantitative estimate of drug-likeness (QED) is 0.453. The molecule has 2 aliphatic heterocycles. The summed E-state index contributed by atoms with van der Waals surface area (Å²) in [7, 11) is 1.51. The first kappa shape index (κ1) is 20.4. The summed E-state index contributed by atoms with van der Waals surface area (Å²) in [5.41, 5.74) is 1.34. The van der Waals surface area contributed by atoms with Crippen LogP contribution >= 0.6 is 12.2 Å². The average Bonchev–Trinajstić information content (AvgIpc) is 3.05. The van der Waals surface area contributed by atoms with Crippen LogP contribution in [0.1, 0.15) is 6.92 Å². The van der Waals surface area contributed by atoms with Crippen LogP contribution in [0.5, 0.6) is 5.75 Å². The Morgan fingerprint density at radius 3 is 2.48 bits per heavy atom. The van der Waals surface area contributed by atoms with Gasteiger partial charge in [0.1, 0.15) is 11.3 Å². The fourth-order valence-corrected chi connectivity index (χ4v) is 3.63. The molecule has 1 N–H and O–H groups in total. The van der Waals surface area contributed by atoms with E-state index in [4.69, 9.17) is 17.0 Å². The number of carbonyl (C=O) groups excluding carboxylic acids is 3. The van der Waals surface area contributed by atoms with Crippen molar-refractivity contribution in [1.29, 1.82) is 0 Å². The zero-order chi connectivity index (χ0) is 22.1. The molecule has 0 bridgehead atoms. The normalized spacial score (nSPS) is 20.3. The van der Waals surface area contributed by atoms with E-state index >= 15 is 0 Å². The van der Waals surface area contributed by atoms with Gasteiger partial charge in [-0.15, -0.1) is 0 Å². The molecule has 1 fully saturated rings. The fraction of sp³-hybridized carbons (Fsp3) is 0.136. The minimum Gasteiger partial charge on any atom is -0.497 e. The van der Waals surface area contributed by atoms with Crippen LogP contribution in [-0.2, 0) is 14.4 Å². The number of nitrogens with zero attached hydrogens (tertiary/aromatic N) is 3. The number of para-hydroxylation sites is 1. The summed E-state index contributed by atoms with van der Waals surface area (Å²) in [6.45, 7) is 1.68. The highest BCUT2D eigenvalue weighted by molar-refractivity contribution is 7.80. The Morgan fingerprint density at radius 1 is 1.06 bits per heavy atom. The number of hydrogen-bond acceptors (Lipinski definition) is 6. The van der Waals surface area contributed by atoms with E-state index in [0.717, 1.165) is 0 Å². The van der Waals surface area contributed by atoms with E-state index in [-0.39, 0.29) is 16.6 Å². The summed E-state index contributed by atoms with van der Waals surface area (Å²) < 4.78 is 5.20. The third kappa shape index (κ3) is 3.71. The van der Waals surface area contributed by atoms with E-state index in [0.29, 0.717) is 22.8 Å². The highest BCUT2D eigenvalue weighted by Gasteiger charge is 2.39. The van der Waals surface area contributed by atoms with Crippen molar-refractivity contribution in [2.24, 2.45) is 11.0 Å². The Balaban J connectivity index is 1.67. The molecule has 2 aromatic rings. The Labute approximate surface area is 183 Å². The zero-order valence-corrected chi connectivity index (χ0v) is 17.6. The topological polar surface area (TPSA) is 91.3 Å². The van der Waals surface area contributed by atoms with E-state index in [1.54, 1.807) is 55.5 Å². The van der Waals surface area contributed by atoms with Crippen LogP contribution in [0.3, 0.4) is 0 Å². The number of hydrazone groups is 1. The van der Waals surface area contributed by atoms with Gasteiger partial charge in [0.2, 0.25) is 0 Å². The van der Waals surface area contributed by atoms with Crippen LogP contribution in [0.15, 0.2) is 71.3 Å². The summed E-state index contributed by atoms with van der Waals surface area (Å²) in [6, 6.07) is 15.7. The number of benzene rings is 2. The number of amides is 3. The van der Waals surface area contributed by atoms with Crippen molar-refractivity contribution in [2.45, 2.75) is 6.92 Å². The van der Waals surface area contributed by atoms with E-state index in [9.17, 15) is 14.4 Å². The summed E-state index contributed by atoms with van der Waals surface area (Å²) in [5.74, 6) is -1.95. The second-order valence-electron chi connectivity index (χ2n) is 6.89. The van der Waals surface area contributed by atoms with Crippen LogP contribution in [0, 0.1) is 5.92 Å². The van der Waals surface area contributed by atoms with Crippen LogP contribution in [0.4, 0.5) is 11.4 Å². The predicted molar refractivity (Wildman–Crippen MR) is 120 cm³/mol. The molecule has 2 aromatic carbocycles. The van der Waals surface area contributed by atoms with Gasteiger partial charge < -0.3 is 4.74 Å². The standard InChI is InChI=1S/C22H18N4O4S/c1-13-17(21(29)26(24-13)14-7-4-3-5-8-14)12-18-19(27)23-22(31)25(20(18)28)15-9-6-10-16(11-15)30-2/h3-12,17H,1-2H3,(H,23,27,31)/b18-12-/t17-/m1/s1. The second kappa shape index (κ2) is 8.11. The largest absolute Gasteiger partial charge is 0.497 e. The molecule has 1 saturated heterocycles.